The number of aromatic hydroxyl groups is 1. The molecule has 5 nitrogen and oxygen atoms in total. The molecule has 1 aliphatic heterocycles. The monoisotopic (exact) mass is 336 g/mol. The van der Waals surface area contributed by atoms with Crippen molar-refractivity contribution < 1.29 is 19.8 Å². The van der Waals surface area contributed by atoms with Crippen molar-refractivity contribution in [2.75, 3.05) is 0 Å². The standard InChI is InChI=1S/C15H15NO4S2/c1-2-3-11(14(19)20)16-13(18)12(22-15(16)21)8-9-4-6-10(17)7-5-9/h4-8,11,17H,2-3H2,1H3,(H,19,20)/p-1/b12-8-/t11-/m0/s1. The van der Waals surface area contributed by atoms with Crippen LogP contribution in [0.1, 0.15) is 25.3 Å². The summed E-state index contributed by atoms with van der Waals surface area (Å²) in [6, 6.07) is 5.29. The number of carbonyl (C=O) groups is 2. The second-order valence-corrected chi connectivity index (χ2v) is 6.44. The first kappa shape index (κ1) is 16.5. The van der Waals surface area contributed by atoms with Gasteiger partial charge in [0.1, 0.15) is 10.1 Å². The van der Waals surface area contributed by atoms with E-state index in [1.807, 2.05) is 6.92 Å². The highest BCUT2D eigenvalue weighted by molar-refractivity contribution is 8.26. The maximum absolute atomic E-state index is 12.4. The SMILES string of the molecule is CCC[C@@H](C(=O)[O-])N1C(=O)/C(=C/c2ccc(O)cc2)SC1=S. The molecule has 1 aliphatic rings. The molecule has 1 N–H and O–H groups in total. The van der Waals surface area contributed by atoms with Crippen molar-refractivity contribution in [1.82, 2.24) is 4.90 Å². The van der Waals surface area contributed by atoms with E-state index in [0.717, 1.165) is 22.2 Å². The first-order valence-corrected chi connectivity index (χ1v) is 7.93. The van der Waals surface area contributed by atoms with Gasteiger partial charge in [-0.2, -0.15) is 0 Å². The van der Waals surface area contributed by atoms with Crippen molar-refractivity contribution in [3.05, 3.63) is 34.7 Å². The van der Waals surface area contributed by atoms with Crippen LogP contribution in [0.25, 0.3) is 6.08 Å². The first-order chi connectivity index (χ1) is 10.4. The molecule has 1 saturated heterocycles. The number of aliphatic carboxylic acids is 1. The van der Waals surface area contributed by atoms with Crippen LogP contribution in [0.15, 0.2) is 29.2 Å². The third-order valence-corrected chi connectivity index (χ3v) is 4.49. The van der Waals surface area contributed by atoms with Crippen LogP contribution >= 0.6 is 24.0 Å². The van der Waals surface area contributed by atoms with Crippen molar-refractivity contribution in [3.8, 4) is 5.75 Å². The van der Waals surface area contributed by atoms with Crippen molar-refractivity contribution >= 4 is 46.3 Å². The van der Waals surface area contributed by atoms with Gasteiger partial charge in [0.15, 0.2) is 0 Å². The van der Waals surface area contributed by atoms with Gasteiger partial charge >= 0.3 is 0 Å². The molecule has 1 atom stereocenters. The van der Waals surface area contributed by atoms with Gasteiger partial charge < -0.3 is 15.0 Å². The average Bonchev–Trinajstić information content (AvgIpc) is 2.73. The lowest BCUT2D eigenvalue weighted by Gasteiger charge is -2.27. The van der Waals surface area contributed by atoms with Gasteiger partial charge in [0.2, 0.25) is 0 Å². The number of nitrogens with zero attached hydrogens (tertiary/aromatic N) is 1. The van der Waals surface area contributed by atoms with Crippen LogP contribution in [0.2, 0.25) is 0 Å². The van der Waals surface area contributed by atoms with Crippen molar-refractivity contribution in [1.29, 1.82) is 0 Å². The number of thioether (sulfide) groups is 1. The summed E-state index contributed by atoms with van der Waals surface area (Å²) in [7, 11) is 0. The Hall–Kier alpha value is -1.86. The molecule has 0 saturated carbocycles. The number of rotatable bonds is 5. The first-order valence-electron chi connectivity index (χ1n) is 6.71. The van der Waals surface area contributed by atoms with E-state index in [2.05, 4.69) is 0 Å². The zero-order valence-corrected chi connectivity index (χ0v) is 13.4. The van der Waals surface area contributed by atoms with Gasteiger partial charge in [0.25, 0.3) is 5.91 Å². The minimum Gasteiger partial charge on any atom is -0.548 e. The number of thiocarbonyl (C=S) groups is 1. The Morgan fingerprint density at radius 3 is 2.64 bits per heavy atom. The number of phenolic OH excluding ortho intramolecular Hbond substituents is 1. The predicted octanol–water partition coefficient (Wildman–Crippen LogP) is 1.51. The van der Waals surface area contributed by atoms with Gasteiger partial charge in [-0.1, -0.05) is 49.5 Å². The molecular formula is C15H14NO4S2-. The summed E-state index contributed by atoms with van der Waals surface area (Å²) in [6.07, 6.45) is 2.52. The molecule has 0 spiro atoms. The molecule has 0 radical (unpaired) electrons. The van der Waals surface area contributed by atoms with Crippen molar-refractivity contribution in [2.24, 2.45) is 0 Å². The molecule has 1 fully saturated rings. The molecule has 1 aromatic rings. The van der Waals surface area contributed by atoms with Crippen LogP contribution in [-0.4, -0.2) is 32.2 Å². The fourth-order valence-electron chi connectivity index (χ4n) is 2.10. The fraction of sp³-hybridized carbons (Fsp3) is 0.267. The van der Waals surface area contributed by atoms with E-state index in [9.17, 15) is 19.8 Å². The summed E-state index contributed by atoms with van der Waals surface area (Å²) in [6.45, 7) is 1.83. The molecule has 0 aromatic heterocycles. The predicted molar refractivity (Wildman–Crippen MR) is 86.8 cm³/mol. The van der Waals surface area contributed by atoms with E-state index in [1.165, 1.54) is 12.1 Å². The summed E-state index contributed by atoms with van der Waals surface area (Å²) in [5.74, 6) is -1.60. The molecular weight excluding hydrogens is 322 g/mol. The maximum Gasteiger partial charge on any atom is 0.266 e. The fourth-order valence-corrected chi connectivity index (χ4v) is 3.45. The number of carboxylic acid groups (broad SMARTS) is 1. The Labute approximate surface area is 137 Å². The molecule has 1 heterocycles. The van der Waals surface area contributed by atoms with Crippen molar-refractivity contribution in [2.45, 2.75) is 25.8 Å². The quantitative estimate of drug-likeness (QED) is 0.648. The van der Waals surface area contributed by atoms with E-state index in [-0.39, 0.29) is 10.1 Å². The highest BCUT2D eigenvalue weighted by atomic mass is 32.2. The minimum absolute atomic E-state index is 0.129. The Kier molecular flexibility index (Phi) is 5.20. The lowest BCUT2D eigenvalue weighted by Crippen LogP contribution is -2.49. The Morgan fingerprint density at radius 2 is 2.09 bits per heavy atom. The van der Waals surface area contributed by atoms with Crippen molar-refractivity contribution in [3.63, 3.8) is 0 Å². The van der Waals surface area contributed by atoms with E-state index >= 15 is 0 Å². The number of phenols is 1. The second kappa shape index (κ2) is 6.93. The lowest BCUT2D eigenvalue weighted by molar-refractivity contribution is -0.310. The van der Waals surface area contributed by atoms with Crippen LogP contribution in [-0.2, 0) is 9.59 Å². The largest absolute Gasteiger partial charge is 0.548 e. The summed E-state index contributed by atoms with van der Waals surface area (Å²) < 4.78 is 0.220. The highest BCUT2D eigenvalue weighted by Crippen LogP contribution is 2.34. The Balaban J connectivity index is 2.27. The number of amides is 1. The Morgan fingerprint density at radius 1 is 1.45 bits per heavy atom. The average molecular weight is 336 g/mol. The zero-order chi connectivity index (χ0) is 16.3. The summed E-state index contributed by atoms with van der Waals surface area (Å²) in [5, 5.41) is 20.5. The summed E-state index contributed by atoms with van der Waals surface area (Å²) in [4.78, 5) is 25.1. The van der Waals surface area contributed by atoms with Gasteiger partial charge in [-0.3, -0.25) is 9.69 Å². The van der Waals surface area contributed by atoms with Crippen LogP contribution in [0.5, 0.6) is 5.75 Å². The normalized spacial score (nSPS) is 18.0. The van der Waals surface area contributed by atoms with Gasteiger partial charge in [0, 0.05) is 0 Å². The molecule has 2 rings (SSSR count). The van der Waals surface area contributed by atoms with E-state index in [0.29, 0.717) is 17.7 Å². The second-order valence-electron chi connectivity index (χ2n) is 4.77. The molecule has 116 valence electrons. The van der Waals surface area contributed by atoms with Gasteiger partial charge in [-0.05, 0) is 30.2 Å². The number of hydrogen-bond acceptors (Lipinski definition) is 6. The lowest BCUT2D eigenvalue weighted by atomic mass is 10.1. The number of benzene rings is 1. The van der Waals surface area contributed by atoms with Crippen LogP contribution < -0.4 is 5.11 Å². The summed E-state index contributed by atoms with van der Waals surface area (Å²) >= 11 is 6.21. The van der Waals surface area contributed by atoms with Gasteiger partial charge in [-0.25, -0.2) is 0 Å². The van der Waals surface area contributed by atoms with Gasteiger partial charge in [0.05, 0.1) is 16.9 Å². The van der Waals surface area contributed by atoms with Crippen LogP contribution in [0.4, 0.5) is 0 Å². The van der Waals surface area contributed by atoms with Crippen LogP contribution in [0.3, 0.4) is 0 Å². The third-order valence-electron chi connectivity index (χ3n) is 3.16. The molecule has 1 amide bonds. The van der Waals surface area contributed by atoms with Gasteiger partial charge in [-0.15, -0.1) is 0 Å². The number of hydrogen-bond donors (Lipinski definition) is 1. The van der Waals surface area contributed by atoms with E-state index < -0.39 is 17.9 Å². The highest BCUT2D eigenvalue weighted by Gasteiger charge is 2.37. The summed E-state index contributed by atoms with van der Waals surface area (Å²) in [5.41, 5.74) is 0.721. The minimum atomic E-state index is -1.30. The Bertz CT molecular complexity index is 639. The molecule has 0 unspecified atom stereocenters. The van der Waals surface area contributed by atoms with Crippen LogP contribution in [0, 0.1) is 0 Å². The van der Waals surface area contributed by atoms with E-state index in [4.69, 9.17) is 12.2 Å². The third kappa shape index (κ3) is 3.48. The topological polar surface area (TPSA) is 80.7 Å². The molecule has 0 bridgehead atoms. The number of carboxylic acids is 1. The molecule has 0 aliphatic carbocycles. The molecule has 1 aromatic carbocycles. The van der Waals surface area contributed by atoms with E-state index in [1.54, 1.807) is 18.2 Å². The maximum atomic E-state index is 12.4. The smallest absolute Gasteiger partial charge is 0.266 e. The molecule has 7 heteroatoms. The molecule has 22 heavy (non-hydrogen) atoms. The zero-order valence-electron chi connectivity index (χ0n) is 11.8. The number of carbonyl (C=O) groups excluding carboxylic acids is 2.